The van der Waals surface area contributed by atoms with Crippen LogP contribution in [0.15, 0.2) is 0 Å². The Morgan fingerprint density at radius 1 is 1.71 bits per heavy atom. The predicted molar refractivity (Wildman–Crippen MR) is 30.2 cm³/mol. The van der Waals surface area contributed by atoms with Crippen LogP contribution >= 0.6 is 0 Å². The molecule has 0 aromatic rings. The molecule has 0 spiro atoms. The Hall–Kier alpha value is 0.236. The zero-order valence-electron chi connectivity index (χ0n) is 6.24. The van der Waals surface area contributed by atoms with Crippen molar-refractivity contribution in [3.05, 3.63) is 0 Å². The second-order valence-electron chi connectivity index (χ2n) is 1.45. The fourth-order valence-electron chi connectivity index (χ4n) is 0.565. The molecule has 0 aromatic heterocycles. The maximum absolute atomic E-state index is 10.1. The molecule has 0 aromatic carbocycles. The van der Waals surface area contributed by atoms with E-state index in [1.165, 1.54) is 0 Å². The first kappa shape index (κ1) is 7.24. The number of carbonyl (C=O) groups excluding carboxylic acids is 1. The van der Waals surface area contributed by atoms with Crippen LogP contribution < -0.4 is 5.32 Å². The Bertz CT molecular complexity index is 73.0. The normalized spacial score (nSPS) is 18.0. The van der Waals surface area contributed by atoms with Crippen molar-refractivity contribution in [3.8, 4) is 0 Å². The summed E-state index contributed by atoms with van der Waals surface area (Å²) in [7, 11) is 0. The van der Waals surface area contributed by atoms with Gasteiger partial charge in [0.25, 0.3) is 0 Å². The van der Waals surface area contributed by atoms with Crippen molar-refractivity contribution in [1.29, 1.82) is 0 Å². The molecule has 1 fully saturated rings. The summed E-state index contributed by atoms with van der Waals surface area (Å²) in [6.45, 7) is 0.888. The predicted octanol–water partition coefficient (Wildman–Crippen LogP) is -0.259. The molecular formula is C4H9MgNO. The third kappa shape index (κ3) is 2.14. The second kappa shape index (κ2) is 3.27. The second-order valence-corrected chi connectivity index (χ2v) is 1.45. The average Bonchev–Trinajstić information content (AvgIpc) is 1.86. The van der Waals surface area contributed by atoms with E-state index in [2.05, 4.69) is 5.32 Å². The van der Waals surface area contributed by atoms with E-state index in [4.69, 9.17) is 0 Å². The summed E-state index contributed by atoms with van der Waals surface area (Å²) in [4.78, 5) is 10.1. The molecule has 0 radical (unpaired) electrons. The fraction of sp³-hybridized carbons (Fsp3) is 0.750. The van der Waals surface area contributed by atoms with Gasteiger partial charge in [0.15, 0.2) is 0 Å². The summed E-state index contributed by atoms with van der Waals surface area (Å²) in [5.74, 6) is 0.204. The third-order valence-electron chi connectivity index (χ3n) is 0.903. The van der Waals surface area contributed by atoms with Crippen LogP contribution in [0, 0.1) is 0 Å². The summed E-state index contributed by atoms with van der Waals surface area (Å²) in [5, 5.41) is 2.68. The van der Waals surface area contributed by atoms with Gasteiger partial charge in [0.1, 0.15) is 0 Å². The topological polar surface area (TPSA) is 29.1 Å². The molecule has 3 heteroatoms. The molecule has 1 rings (SSSR count). The van der Waals surface area contributed by atoms with Crippen molar-refractivity contribution in [3.63, 3.8) is 0 Å². The molecule has 0 bridgehead atoms. The quantitative estimate of drug-likeness (QED) is 0.429. The zero-order valence-corrected chi connectivity index (χ0v) is 5.65. The van der Waals surface area contributed by atoms with E-state index in [-0.39, 0.29) is 31.8 Å². The maximum Gasteiger partial charge on any atom is 2.00 e. The monoisotopic (exact) mass is 111 g/mol. The summed E-state index contributed by atoms with van der Waals surface area (Å²) in [6.07, 6.45) is 1.76. The van der Waals surface area contributed by atoms with Crippen LogP contribution in [-0.2, 0) is 4.79 Å². The number of hydrogen-bond donors (Lipinski definition) is 1. The van der Waals surface area contributed by atoms with Gasteiger partial charge in [0.05, 0.1) is 0 Å². The molecule has 1 aliphatic heterocycles. The number of carbonyl (C=O) groups is 1. The van der Waals surface area contributed by atoms with Crippen molar-refractivity contribution in [2.75, 3.05) is 6.54 Å². The molecule has 0 atom stereocenters. The van der Waals surface area contributed by atoms with Crippen molar-refractivity contribution < 1.29 is 7.65 Å². The van der Waals surface area contributed by atoms with E-state index < -0.39 is 0 Å². The van der Waals surface area contributed by atoms with Gasteiger partial charge in [0, 0.05) is 13.0 Å². The Morgan fingerprint density at radius 3 is 2.57 bits per heavy atom. The van der Waals surface area contributed by atoms with Gasteiger partial charge >= 0.3 is 23.1 Å². The minimum Gasteiger partial charge on any atom is -1.00 e. The molecule has 0 aliphatic carbocycles. The minimum atomic E-state index is 0. The van der Waals surface area contributed by atoms with Gasteiger partial charge in [-0.2, -0.15) is 0 Å². The van der Waals surface area contributed by atoms with Crippen LogP contribution in [0.1, 0.15) is 15.7 Å². The van der Waals surface area contributed by atoms with E-state index >= 15 is 0 Å². The van der Waals surface area contributed by atoms with E-state index in [1.807, 2.05) is 0 Å². The average molecular weight is 111 g/mol. The van der Waals surface area contributed by atoms with E-state index in [0.29, 0.717) is 0 Å². The first-order valence-corrected chi connectivity index (χ1v) is 2.16. The van der Waals surface area contributed by atoms with Gasteiger partial charge in [0.2, 0.25) is 5.91 Å². The minimum absolute atomic E-state index is 0. The largest absolute Gasteiger partial charge is 2.00 e. The first-order valence-electron chi connectivity index (χ1n) is 2.16. The van der Waals surface area contributed by atoms with Crippen LogP contribution in [0.3, 0.4) is 0 Å². The van der Waals surface area contributed by atoms with Gasteiger partial charge in [-0.15, -0.1) is 0 Å². The number of nitrogens with one attached hydrogen (secondary N) is 1. The van der Waals surface area contributed by atoms with Crippen LogP contribution in [0.25, 0.3) is 0 Å². The van der Waals surface area contributed by atoms with Crippen LogP contribution in [0.2, 0.25) is 0 Å². The third-order valence-corrected chi connectivity index (χ3v) is 0.903. The Balaban J connectivity index is -0.000000120. The van der Waals surface area contributed by atoms with Crippen LogP contribution in [0.5, 0.6) is 0 Å². The molecule has 1 N–H and O–H groups in total. The van der Waals surface area contributed by atoms with Crippen molar-refractivity contribution >= 4 is 29.0 Å². The number of amides is 1. The van der Waals surface area contributed by atoms with Gasteiger partial charge in [-0.3, -0.25) is 4.79 Å². The van der Waals surface area contributed by atoms with Crippen molar-refractivity contribution in [2.45, 2.75) is 12.8 Å². The molecular weight excluding hydrogens is 102 g/mol. The standard InChI is InChI=1S/C4H7NO.Mg.2H/c6-4-2-1-3-5-4;;;/h1-3H2,(H,5,6);;;/q;+2;2*-1. The molecule has 7 heavy (non-hydrogen) atoms. The smallest absolute Gasteiger partial charge is 1.00 e. The van der Waals surface area contributed by atoms with Gasteiger partial charge < -0.3 is 8.17 Å². The Labute approximate surface area is 61.8 Å². The van der Waals surface area contributed by atoms with E-state index in [9.17, 15) is 4.79 Å². The summed E-state index contributed by atoms with van der Waals surface area (Å²) >= 11 is 0. The molecule has 1 saturated heterocycles. The van der Waals surface area contributed by atoms with Crippen molar-refractivity contribution in [1.82, 2.24) is 5.32 Å². The SMILES string of the molecule is O=C1CCCN1.[H-].[H-].[Mg+2]. The molecule has 1 aliphatic rings. The molecule has 1 heterocycles. The first-order chi connectivity index (χ1) is 2.89. The molecule has 2 nitrogen and oxygen atoms in total. The van der Waals surface area contributed by atoms with E-state index in [1.54, 1.807) is 0 Å². The van der Waals surface area contributed by atoms with Gasteiger partial charge in [-0.25, -0.2) is 0 Å². The van der Waals surface area contributed by atoms with Crippen LogP contribution in [-0.4, -0.2) is 35.5 Å². The molecule has 0 saturated carbocycles. The van der Waals surface area contributed by atoms with Gasteiger partial charge in [-0.05, 0) is 6.42 Å². The van der Waals surface area contributed by atoms with Crippen molar-refractivity contribution in [2.24, 2.45) is 0 Å². The number of hydrogen-bond acceptors (Lipinski definition) is 1. The maximum atomic E-state index is 10.1. The zero-order chi connectivity index (χ0) is 4.41. The number of rotatable bonds is 0. The van der Waals surface area contributed by atoms with E-state index in [0.717, 1.165) is 19.4 Å². The van der Waals surface area contributed by atoms with Gasteiger partial charge in [-0.1, -0.05) is 0 Å². The summed E-state index contributed by atoms with van der Waals surface area (Å²) < 4.78 is 0. The molecule has 38 valence electrons. The molecule has 1 amide bonds. The Kier molecular flexibility index (Phi) is 3.38. The molecule has 0 unspecified atom stereocenters. The summed E-state index contributed by atoms with van der Waals surface area (Å²) in [5.41, 5.74) is 0. The summed E-state index contributed by atoms with van der Waals surface area (Å²) in [6, 6.07) is 0. The fourth-order valence-corrected chi connectivity index (χ4v) is 0.565. The Morgan fingerprint density at radius 2 is 2.43 bits per heavy atom. The van der Waals surface area contributed by atoms with Crippen LogP contribution in [0.4, 0.5) is 0 Å².